The Bertz CT molecular complexity index is 428. The van der Waals surface area contributed by atoms with Crippen LogP contribution in [0.3, 0.4) is 0 Å². The summed E-state index contributed by atoms with van der Waals surface area (Å²) in [6, 6.07) is 7.10. The standard InChI is InChI=1S/C12H17N3O3/c13-14-12(18)9-3-1-2-8(4-9)5-15-6-10(16)11(17)7-15/h1-4,10-11,16-17H,5-7,13H2,(H,14,18). The highest BCUT2D eigenvalue weighted by atomic mass is 16.3. The summed E-state index contributed by atoms with van der Waals surface area (Å²) in [6.45, 7) is 1.46. The second kappa shape index (κ2) is 5.45. The molecule has 2 atom stereocenters. The van der Waals surface area contributed by atoms with Gasteiger partial charge in [-0.1, -0.05) is 12.1 Å². The third-order valence-electron chi connectivity index (χ3n) is 3.06. The van der Waals surface area contributed by atoms with E-state index < -0.39 is 12.2 Å². The lowest BCUT2D eigenvalue weighted by atomic mass is 10.1. The first kappa shape index (κ1) is 13.0. The third-order valence-corrected chi connectivity index (χ3v) is 3.06. The average molecular weight is 251 g/mol. The topological polar surface area (TPSA) is 98.8 Å². The van der Waals surface area contributed by atoms with E-state index in [4.69, 9.17) is 5.84 Å². The summed E-state index contributed by atoms with van der Waals surface area (Å²) in [5.41, 5.74) is 3.52. The van der Waals surface area contributed by atoms with Crippen LogP contribution in [0.5, 0.6) is 0 Å². The Morgan fingerprint density at radius 1 is 1.39 bits per heavy atom. The molecule has 5 N–H and O–H groups in total. The van der Waals surface area contributed by atoms with Crippen LogP contribution in [0, 0.1) is 0 Å². The monoisotopic (exact) mass is 251 g/mol. The van der Waals surface area contributed by atoms with Crippen molar-refractivity contribution in [2.24, 2.45) is 5.84 Å². The van der Waals surface area contributed by atoms with E-state index in [1.54, 1.807) is 18.2 Å². The number of benzene rings is 1. The summed E-state index contributed by atoms with van der Waals surface area (Å²) >= 11 is 0. The Morgan fingerprint density at radius 3 is 2.67 bits per heavy atom. The Morgan fingerprint density at radius 2 is 2.06 bits per heavy atom. The van der Waals surface area contributed by atoms with Crippen LogP contribution in [0.2, 0.25) is 0 Å². The van der Waals surface area contributed by atoms with Crippen molar-refractivity contribution in [3.63, 3.8) is 0 Å². The number of hydrogen-bond acceptors (Lipinski definition) is 5. The van der Waals surface area contributed by atoms with Gasteiger partial charge in [-0.05, 0) is 17.7 Å². The molecular formula is C12H17N3O3. The number of hydrazine groups is 1. The van der Waals surface area contributed by atoms with Gasteiger partial charge in [0, 0.05) is 25.2 Å². The molecule has 0 saturated carbocycles. The third kappa shape index (κ3) is 2.85. The molecule has 0 radical (unpaired) electrons. The van der Waals surface area contributed by atoms with E-state index in [9.17, 15) is 15.0 Å². The number of carbonyl (C=O) groups is 1. The van der Waals surface area contributed by atoms with Gasteiger partial charge >= 0.3 is 0 Å². The summed E-state index contributed by atoms with van der Waals surface area (Å²) < 4.78 is 0. The highest BCUT2D eigenvalue weighted by Gasteiger charge is 2.29. The molecule has 1 heterocycles. The van der Waals surface area contributed by atoms with Crippen LogP contribution in [0.15, 0.2) is 24.3 Å². The van der Waals surface area contributed by atoms with Gasteiger partial charge < -0.3 is 10.2 Å². The minimum Gasteiger partial charge on any atom is -0.389 e. The van der Waals surface area contributed by atoms with Gasteiger partial charge in [0.15, 0.2) is 0 Å². The molecule has 1 aromatic carbocycles. The average Bonchev–Trinajstić information content (AvgIpc) is 2.67. The lowest BCUT2D eigenvalue weighted by molar-refractivity contribution is 0.0572. The molecular weight excluding hydrogens is 234 g/mol. The number of nitrogens with one attached hydrogen (secondary N) is 1. The molecule has 0 bridgehead atoms. The fraction of sp³-hybridized carbons (Fsp3) is 0.417. The van der Waals surface area contributed by atoms with Crippen molar-refractivity contribution >= 4 is 5.91 Å². The van der Waals surface area contributed by atoms with Gasteiger partial charge in [0.25, 0.3) is 5.91 Å². The molecule has 0 spiro atoms. The predicted molar refractivity (Wildman–Crippen MR) is 65.4 cm³/mol. The van der Waals surface area contributed by atoms with Crippen molar-refractivity contribution in [3.05, 3.63) is 35.4 Å². The first-order valence-electron chi connectivity index (χ1n) is 5.78. The van der Waals surface area contributed by atoms with Gasteiger partial charge in [-0.15, -0.1) is 0 Å². The normalized spacial score (nSPS) is 24.2. The van der Waals surface area contributed by atoms with Gasteiger partial charge in [0.1, 0.15) is 0 Å². The smallest absolute Gasteiger partial charge is 0.265 e. The lowest BCUT2D eigenvalue weighted by Gasteiger charge is -2.15. The maximum Gasteiger partial charge on any atom is 0.265 e. The summed E-state index contributed by atoms with van der Waals surface area (Å²) in [5, 5.41) is 18.9. The zero-order valence-electron chi connectivity index (χ0n) is 9.91. The SMILES string of the molecule is NNC(=O)c1cccc(CN2CC(O)C(O)C2)c1. The molecule has 1 amide bonds. The zero-order valence-corrected chi connectivity index (χ0v) is 9.91. The Labute approximate surface area is 105 Å². The van der Waals surface area contributed by atoms with E-state index >= 15 is 0 Å². The summed E-state index contributed by atoms with van der Waals surface area (Å²) in [5.74, 6) is 4.74. The summed E-state index contributed by atoms with van der Waals surface area (Å²) in [7, 11) is 0. The number of likely N-dealkylation sites (tertiary alicyclic amines) is 1. The van der Waals surface area contributed by atoms with Crippen LogP contribution in [-0.4, -0.2) is 46.3 Å². The van der Waals surface area contributed by atoms with E-state index in [2.05, 4.69) is 5.43 Å². The van der Waals surface area contributed by atoms with Crippen molar-refractivity contribution in [1.82, 2.24) is 10.3 Å². The van der Waals surface area contributed by atoms with Crippen molar-refractivity contribution in [2.75, 3.05) is 13.1 Å². The minimum absolute atomic E-state index is 0.335. The number of nitrogens with two attached hydrogens (primary N) is 1. The Kier molecular flexibility index (Phi) is 3.93. The molecule has 1 aliphatic rings. The first-order chi connectivity index (χ1) is 8.60. The van der Waals surface area contributed by atoms with Crippen LogP contribution in [0.4, 0.5) is 0 Å². The molecule has 2 rings (SSSR count). The van der Waals surface area contributed by atoms with Crippen molar-refractivity contribution in [3.8, 4) is 0 Å². The number of hydrogen-bond donors (Lipinski definition) is 4. The van der Waals surface area contributed by atoms with Crippen molar-refractivity contribution in [1.29, 1.82) is 0 Å². The first-order valence-corrected chi connectivity index (χ1v) is 5.78. The van der Waals surface area contributed by atoms with E-state index in [0.717, 1.165) is 5.56 Å². The lowest BCUT2D eigenvalue weighted by Crippen LogP contribution is -2.30. The summed E-state index contributed by atoms with van der Waals surface area (Å²) in [6.07, 6.45) is -1.39. The zero-order chi connectivity index (χ0) is 13.1. The van der Waals surface area contributed by atoms with Gasteiger partial charge in [0.2, 0.25) is 0 Å². The fourth-order valence-electron chi connectivity index (χ4n) is 2.13. The Balaban J connectivity index is 2.04. The van der Waals surface area contributed by atoms with Crippen LogP contribution < -0.4 is 11.3 Å². The molecule has 1 saturated heterocycles. The molecule has 6 heteroatoms. The fourth-order valence-corrected chi connectivity index (χ4v) is 2.13. The van der Waals surface area contributed by atoms with Gasteiger partial charge in [-0.2, -0.15) is 0 Å². The Hall–Kier alpha value is -1.47. The van der Waals surface area contributed by atoms with Crippen molar-refractivity contribution < 1.29 is 15.0 Å². The molecule has 98 valence electrons. The van der Waals surface area contributed by atoms with Crippen LogP contribution >= 0.6 is 0 Å². The summed E-state index contributed by atoms with van der Waals surface area (Å²) in [4.78, 5) is 13.3. The largest absolute Gasteiger partial charge is 0.389 e. The number of carbonyl (C=O) groups excluding carboxylic acids is 1. The van der Waals surface area contributed by atoms with E-state index in [0.29, 0.717) is 25.2 Å². The second-order valence-electron chi connectivity index (χ2n) is 4.50. The molecule has 2 unspecified atom stereocenters. The van der Waals surface area contributed by atoms with Gasteiger partial charge in [-0.3, -0.25) is 15.1 Å². The maximum atomic E-state index is 11.4. The highest BCUT2D eigenvalue weighted by Crippen LogP contribution is 2.15. The van der Waals surface area contributed by atoms with E-state index in [-0.39, 0.29) is 5.91 Å². The van der Waals surface area contributed by atoms with Gasteiger partial charge in [-0.25, -0.2) is 5.84 Å². The van der Waals surface area contributed by atoms with Gasteiger partial charge in [0.05, 0.1) is 12.2 Å². The number of nitrogen functional groups attached to an aromatic ring is 1. The number of β-amino-alcohol motifs (C(OH)–C–C–N with tert-alkyl or cyclic N) is 2. The number of amides is 1. The molecule has 1 fully saturated rings. The quantitative estimate of drug-likeness (QED) is 0.308. The van der Waals surface area contributed by atoms with Crippen molar-refractivity contribution in [2.45, 2.75) is 18.8 Å². The van der Waals surface area contributed by atoms with Crippen LogP contribution in [0.25, 0.3) is 0 Å². The number of nitrogens with zero attached hydrogens (tertiary/aromatic N) is 1. The van der Waals surface area contributed by atoms with Crippen LogP contribution in [-0.2, 0) is 6.54 Å². The molecule has 1 aromatic rings. The second-order valence-corrected chi connectivity index (χ2v) is 4.50. The maximum absolute atomic E-state index is 11.4. The molecule has 1 aliphatic heterocycles. The number of aliphatic hydroxyl groups excluding tert-OH is 2. The highest BCUT2D eigenvalue weighted by molar-refractivity contribution is 5.93. The minimum atomic E-state index is -0.694. The van der Waals surface area contributed by atoms with Crippen LogP contribution in [0.1, 0.15) is 15.9 Å². The molecule has 0 aliphatic carbocycles. The molecule has 0 aromatic heterocycles. The van der Waals surface area contributed by atoms with E-state index in [1.165, 1.54) is 0 Å². The number of rotatable bonds is 3. The van der Waals surface area contributed by atoms with E-state index in [1.807, 2.05) is 11.0 Å². The molecule has 6 nitrogen and oxygen atoms in total. The number of aliphatic hydroxyl groups is 2. The predicted octanol–water partition coefficient (Wildman–Crippen LogP) is -1.17. The molecule has 18 heavy (non-hydrogen) atoms.